The normalized spacial score (nSPS) is 10.0. The Kier molecular flexibility index (Phi) is 3.09. The topological polar surface area (TPSA) is 46.1 Å². The van der Waals surface area contributed by atoms with E-state index >= 15 is 0 Å². The molecule has 0 radical (unpaired) electrons. The van der Waals surface area contributed by atoms with Gasteiger partial charge in [-0.1, -0.05) is 0 Å². The van der Waals surface area contributed by atoms with Crippen LogP contribution >= 0.6 is 0 Å². The largest absolute Gasteiger partial charge is 0.311 e. The molecule has 17 heavy (non-hydrogen) atoms. The lowest BCUT2D eigenvalue weighted by Crippen LogP contribution is -2.26. The van der Waals surface area contributed by atoms with Gasteiger partial charge in [-0.15, -0.1) is 0 Å². The molecule has 0 aromatic carbocycles. The first-order valence-corrected chi connectivity index (χ1v) is 4.98. The maximum absolute atomic E-state index is 12.9. The quantitative estimate of drug-likeness (QED) is 0.741. The highest BCUT2D eigenvalue weighted by Crippen LogP contribution is 2.13. The highest BCUT2D eigenvalue weighted by Gasteiger charge is 2.13. The van der Waals surface area contributed by atoms with Crippen molar-refractivity contribution in [3.05, 3.63) is 54.4 Å². The third kappa shape index (κ3) is 2.44. The number of anilines is 1. The first-order valence-electron chi connectivity index (χ1n) is 4.98. The highest BCUT2D eigenvalue weighted by atomic mass is 19.1. The molecule has 0 atom stereocenters. The van der Waals surface area contributed by atoms with Gasteiger partial charge in [-0.05, 0) is 18.2 Å². The van der Waals surface area contributed by atoms with Gasteiger partial charge in [0.25, 0.3) is 5.91 Å². The Morgan fingerprint density at radius 3 is 2.59 bits per heavy atom. The van der Waals surface area contributed by atoms with Gasteiger partial charge in [-0.3, -0.25) is 9.78 Å². The van der Waals surface area contributed by atoms with Gasteiger partial charge in [-0.2, -0.15) is 4.39 Å². The van der Waals surface area contributed by atoms with Crippen molar-refractivity contribution in [1.29, 1.82) is 0 Å². The Bertz CT molecular complexity index is 530. The first-order chi connectivity index (χ1) is 8.18. The lowest BCUT2D eigenvalue weighted by molar-refractivity contribution is 0.0992. The van der Waals surface area contributed by atoms with Crippen LogP contribution in [-0.2, 0) is 0 Å². The fourth-order valence-corrected chi connectivity index (χ4v) is 1.41. The zero-order valence-corrected chi connectivity index (χ0v) is 9.17. The number of pyridine rings is 2. The maximum Gasteiger partial charge on any atom is 0.258 e. The van der Waals surface area contributed by atoms with Crippen LogP contribution in [-0.4, -0.2) is 22.9 Å². The minimum atomic E-state index is -0.668. The van der Waals surface area contributed by atoms with Crippen molar-refractivity contribution in [2.24, 2.45) is 0 Å². The molecule has 5 heteroatoms. The summed E-state index contributed by atoms with van der Waals surface area (Å²) in [4.78, 5) is 20.7. The van der Waals surface area contributed by atoms with E-state index in [-0.39, 0.29) is 11.5 Å². The summed E-state index contributed by atoms with van der Waals surface area (Å²) in [5, 5.41) is 0. The van der Waals surface area contributed by atoms with E-state index in [1.807, 2.05) is 0 Å². The number of halogens is 1. The Labute approximate surface area is 97.7 Å². The number of nitrogens with zero attached hydrogens (tertiary/aromatic N) is 3. The summed E-state index contributed by atoms with van der Waals surface area (Å²) in [7, 11) is 1.62. The minimum Gasteiger partial charge on any atom is -0.311 e. The molecule has 86 valence electrons. The van der Waals surface area contributed by atoms with Crippen LogP contribution in [0.4, 0.5) is 10.1 Å². The minimum absolute atomic E-state index is 0.261. The summed E-state index contributed by atoms with van der Waals surface area (Å²) >= 11 is 0. The molecule has 0 saturated carbocycles. The molecule has 0 spiro atoms. The zero-order valence-electron chi connectivity index (χ0n) is 9.17. The van der Waals surface area contributed by atoms with Gasteiger partial charge in [0.05, 0.1) is 0 Å². The molecule has 0 unspecified atom stereocenters. The first kappa shape index (κ1) is 11.2. The molecule has 0 fully saturated rings. The van der Waals surface area contributed by atoms with Crippen LogP contribution in [0, 0.1) is 5.95 Å². The number of carbonyl (C=O) groups excluding carboxylic acids is 1. The predicted octanol–water partition coefficient (Wildman–Crippen LogP) is 1.89. The Morgan fingerprint density at radius 2 is 1.94 bits per heavy atom. The molecule has 2 aromatic heterocycles. The zero-order chi connectivity index (χ0) is 12.3. The average molecular weight is 231 g/mol. The molecule has 2 aromatic rings. The van der Waals surface area contributed by atoms with E-state index in [2.05, 4.69) is 9.97 Å². The summed E-state index contributed by atoms with van der Waals surface area (Å²) in [6, 6.07) is 5.99. The van der Waals surface area contributed by atoms with Gasteiger partial charge < -0.3 is 4.90 Å². The van der Waals surface area contributed by atoms with Crippen molar-refractivity contribution in [3.8, 4) is 0 Å². The SMILES string of the molecule is CN(C(=O)c1ccnc(F)c1)c1ccncc1. The molecule has 0 bridgehead atoms. The molecule has 0 aliphatic heterocycles. The molecule has 4 nitrogen and oxygen atoms in total. The fourth-order valence-electron chi connectivity index (χ4n) is 1.41. The predicted molar refractivity (Wildman–Crippen MR) is 61.2 cm³/mol. The second-order valence-electron chi connectivity index (χ2n) is 3.44. The lowest BCUT2D eigenvalue weighted by atomic mass is 10.2. The lowest BCUT2D eigenvalue weighted by Gasteiger charge is -2.16. The summed E-state index contributed by atoms with van der Waals surface area (Å²) < 4.78 is 12.9. The van der Waals surface area contributed by atoms with E-state index in [0.29, 0.717) is 5.69 Å². The summed E-state index contributed by atoms with van der Waals surface area (Å²) in [5.74, 6) is -0.962. The van der Waals surface area contributed by atoms with Crippen molar-refractivity contribution in [3.63, 3.8) is 0 Å². The third-order valence-corrected chi connectivity index (χ3v) is 2.33. The van der Waals surface area contributed by atoms with Gasteiger partial charge in [0.1, 0.15) is 0 Å². The molecular weight excluding hydrogens is 221 g/mol. The van der Waals surface area contributed by atoms with Crippen LogP contribution in [0.2, 0.25) is 0 Å². The average Bonchev–Trinajstić information content (AvgIpc) is 2.38. The fraction of sp³-hybridized carbons (Fsp3) is 0.0833. The van der Waals surface area contributed by atoms with E-state index in [9.17, 15) is 9.18 Å². The van der Waals surface area contributed by atoms with Crippen LogP contribution in [0.25, 0.3) is 0 Å². The molecule has 2 heterocycles. The van der Waals surface area contributed by atoms with Crippen LogP contribution < -0.4 is 4.90 Å². The standard InChI is InChI=1S/C12H10FN3O/c1-16(10-3-5-14-6-4-10)12(17)9-2-7-15-11(13)8-9/h2-8H,1H3. The number of aromatic nitrogens is 2. The van der Waals surface area contributed by atoms with Gasteiger partial charge in [0.2, 0.25) is 5.95 Å². The van der Waals surface area contributed by atoms with Crippen LogP contribution in [0.5, 0.6) is 0 Å². The van der Waals surface area contributed by atoms with Gasteiger partial charge in [0.15, 0.2) is 0 Å². The van der Waals surface area contributed by atoms with Crippen molar-refractivity contribution in [1.82, 2.24) is 9.97 Å². The summed E-state index contributed by atoms with van der Waals surface area (Å²) in [6.07, 6.45) is 4.45. The van der Waals surface area contributed by atoms with Gasteiger partial charge in [0, 0.05) is 43.0 Å². The summed E-state index contributed by atoms with van der Waals surface area (Å²) in [5.41, 5.74) is 0.957. The molecular formula is C12H10FN3O. The number of hydrogen-bond donors (Lipinski definition) is 0. The van der Waals surface area contributed by atoms with E-state index in [1.165, 1.54) is 17.2 Å². The van der Waals surface area contributed by atoms with E-state index < -0.39 is 5.95 Å². The van der Waals surface area contributed by atoms with Crippen molar-refractivity contribution >= 4 is 11.6 Å². The molecule has 0 N–H and O–H groups in total. The van der Waals surface area contributed by atoms with Crippen LogP contribution in [0.1, 0.15) is 10.4 Å². The van der Waals surface area contributed by atoms with Gasteiger partial charge in [-0.25, -0.2) is 4.98 Å². The molecule has 0 aliphatic carbocycles. The number of carbonyl (C=O) groups is 1. The maximum atomic E-state index is 12.9. The van der Waals surface area contributed by atoms with Crippen LogP contribution in [0.15, 0.2) is 42.9 Å². The Balaban J connectivity index is 2.27. The van der Waals surface area contributed by atoms with Crippen molar-refractivity contribution < 1.29 is 9.18 Å². The van der Waals surface area contributed by atoms with E-state index in [0.717, 1.165) is 6.07 Å². The molecule has 2 rings (SSSR count). The molecule has 0 aliphatic rings. The highest BCUT2D eigenvalue weighted by molar-refractivity contribution is 6.05. The molecule has 0 saturated heterocycles. The van der Waals surface area contributed by atoms with Gasteiger partial charge >= 0.3 is 0 Å². The van der Waals surface area contributed by atoms with E-state index in [1.54, 1.807) is 31.6 Å². The molecule has 1 amide bonds. The van der Waals surface area contributed by atoms with Crippen LogP contribution in [0.3, 0.4) is 0 Å². The summed E-state index contributed by atoms with van der Waals surface area (Å²) in [6.45, 7) is 0. The van der Waals surface area contributed by atoms with Crippen molar-refractivity contribution in [2.45, 2.75) is 0 Å². The van der Waals surface area contributed by atoms with E-state index in [4.69, 9.17) is 0 Å². The number of rotatable bonds is 2. The second-order valence-corrected chi connectivity index (χ2v) is 3.44. The monoisotopic (exact) mass is 231 g/mol. The third-order valence-electron chi connectivity index (χ3n) is 2.33. The smallest absolute Gasteiger partial charge is 0.258 e. The number of amides is 1. The van der Waals surface area contributed by atoms with Crippen molar-refractivity contribution in [2.75, 3.05) is 11.9 Å². The Morgan fingerprint density at radius 1 is 1.24 bits per heavy atom. The number of hydrogen-bond acceptors (Lipinski definition) is 3. The second kappa shape index (κ2) is 4.69. The Hall–Kier alpha value is -2.30.